The highest BCUT2D eigenvalue weighted by atomic mass is 16.5. The number of hydrogen-bond donors (Lipinski definition) is 1. The number of nitrogens with zero attached hydrogens (tertiary/aromatic N) is 2. The highest BCUT2D eigenvalue weighted by Gasteiger charge is 2.11. The van der Waals surface area contributed by atoms with Crippen molar-refractivity contribution in [2.45, 2.75) is 26.8 Å². The molecule has 0 aromatic carbocycles. The van der Waals surface area contributed by atoms with Crippen LogP contribution < -0.4 is 5.32 Å². The number of rotatable bonds is 5. The van der Waals surface area contributed by atoms with E-state index in [4.69, 9.17) is 8.94 Å². The predicted molar refractivity (Wildman–Crippen MR) is 63.3 cm³/mol. The zero-order chi connectivity index (χ0) is 13.0. The Morgan fingerprint density at radius 2 is 2.33 bits per heavy atom. The molecule has 1 N–H and O–H groups in total. The predicted octanol–water partition coefficient (Wildman–Crippen LogP) is 1.99. The third-order valence-corrected chi connectivity index (χ3v) is 2.24. The normalized spacial score (nSPS) is 10.8. The van der Waals surface area contributed by atoms with Crippen molar-refractivity contribution >= 4 is 5.91 Å². The molecule has 0 radical (unpaired) electrons. The smallest absolute Gasteiger partial charge is 0.246 e. The quantitative estimate of drug-likeness (QED) is 0.876. The lowest BCUT2D eigenvalue weighted by Gasteiger charge is -2.03. The van der Waals surface area contributed by atoms with Crippen LogP contribution in [0.15, 0.2) is 27.3 Å². The Hall–Kier alpha value is -2.11. The highest BCUT2D eigenvalue weighted by Crippen LogP contribution is 2.15. The van der Waals surface area contributed by atoms with Crippen molar-refractivity contribution in [1.82, 2.24) is 15.5 Å². The Balaban J connectivity index is 1.89. The maximum atomic E-state index is 11.4. The van der Waals surface area contributed by atoms with Gasteiger partial charge in [0, 0.05) is 6.42 Å². The molecule has 6 heteroatoms. The van der Waals surface area contributed by atoms with E-state index in [2.05, 4.69) is 15.5 Å². The zero-order valence-electron chi connectivity index (χ0n) is 10.3. The number of carbonyl (C=O) groups excluding carboxylic acids is 1. The third kappa shape index (κ3) is 3.19. The maximum absolute atomic E-state index is 11.4. The minimum absolute atomic E-state index is 0.0252. The molecule has 0 saturated carbocycles. The molecule has 0 saturated heterocycles. The molecule has 0 aliphatic rings. The summed E-state index contributed by atoms with van der Waals surface area (Å²) in [4.78, 5) is 15.6. The summed E-state index contributed by atoms with van der Waals surface area (Å²) >= 11 is 0. The van der Waals surface area contributed by atoms with Crippen molar-refractivity contribution in [3.63, 3.8) is 0 Å². The molecule has 0 atom stereocenters. The van der Waals surface area contributed by atoms with E-state index in [0.29, 0.717) is 29.8 Å². The largest absolute Gasteiger partial charge is 0.461 e. The maximum Gasteiger partial charge on any atom is 0.246 e. The van der Waals surface area contributed by atoms with Crippen molar-refractivity contribution < 1.29 is 13.7 Å². The second-order valence-corrected chi connectivity index (χ2v) is 4.36. The van der Waals surface area contributed by atoms with Crippen LogP contribution >= 0.6 is 0 Å². The first-order valence-electron chi connectivity index (χ1n) is 5.78. The average molecular weight is 249 g/mol. The number of nitrogens with one attached hydrogen (secondary N) is 1. The number of hydrogen-bond acceptors (Lipinski definition) is 5. The average Bonchev–Trinajstić information content (AvgIpc) is 2.96. The van der Waals surface area contributed by atoms with Crippen LogP contribution in [0.4, 0.5) is 0 Å². The SMILES string of the molecule is CC(C)CC(=O)NCc1nc(-c2ccco2)no1. The van der Waals surface area contributed by atoms with Gasteiger partial charge >= 0.3 is 0 Å². The molecule has 2 rings (SSSR count). The first kappa shape index (κ1) is 12.3. The molecule has 6 nitrogen and oxygen atoms in total. The van der Waals surface area contributed by atoms with Gasteiger partial charge < -0.3 is 14.3 Å². The van der Waals surface area contributed by atoms with Crippen LogP contribution in [-0.4, -0.2) is 16.0 Å². The van der Waals surface area contributed by atoms with Gasteiger partial charge in [-0.05, 0) is 18.1 Å². The Morgan fingerprint density at radius 1 is 1.50 bits per heavy atom. The molecular weight excluding hydrogens is 234 g/mol. The molecule has 18 heavy (non-hydrogen) atoms. The molecule has 0 fully saturated rings. The fourth-order valence-corrected chi connectivity index (χ4v) is 1.45. The van der Waals surface area contributed by atoms with Gasteiger partial charge in [-0.1, -0.05) is 19.0 Å². The Kier molecular flexibility index (Phi) is 3.76. The second kappa shape index (κ2) is 5.48. The number of furan rings is 1. The van der Waals surface area contributed by atoms with Gasteiger partial charge in [0.2, 0.25) is 17.6 Å². The summed E-state index contributed by atoms with van der Waals surface area (Å²) in [5.41, 5.74) is 0. The van der Waals surface area contributed by atoms with Crippen LogP contribution in [0.2, 0.25) is 0 Å². The van der Waals surface area contributed by atoms with Gasteiger partial charge in [-0.3, -0.25) is 4.79 Å². The molecular formula is C12H15N3O3. The van der Waals surface area contributed by atoms with E-state index in [1.165, 1.54) is 6.26 Å². The summed E-state index contributed by atoms with van der Waals surface area (Å²) in [6.45, 7) is 4.21. The van der Waals surface area contributed by atoms with Crippen molar-refractivity contribution in [3.8, 4) is 11.6 Å². The van der Waals surface area contributed by atoms with Crippen molar-refractivity contribution in [2.75, 3.05) is 0 Å². The first-order valence-corrected chi connectivity index (χ1v) is 5.78. The highest BCUT2D eigenvalue weighted by molar-refractivity contribution is 5.75. The van der Waals surface area contributed by atoms with Crippen LogP contribution in [0.5, 0.6) is 0 Å². The minimum atomic E-state index is -0.0252. The zero-order valence-corrected chi connectivity index (χ0v) is 10.3. The summed E-state index contributed by atoms with van der Waals surface area (Å²) < 4.78 is 10.1. The van der Waals surface area contributed by atoms with Gasteiger partial charge in [0.1, 0.15) is 0 Å². The van der Waals surface area contributed by atoms with Gasteiger partial charge in [-0.25, -0.2) is 0 Å². The second-order valence-electron chi connectivity index (χ2n) is 4.36. The third-order valence-electron chi connectivity index (χ3n) is 2.24. The van der Waals surface area contributed by atoms with Gasteiger partial charge in [-0.15, -0.1) is 0 Å². The van der Waals surface area contributed by atoms with Crippen molar-refractivity contribution in [3.05, 3.63) is 24.3 Å². The van der Waals surface area contributed by atoms with Crippen LogP contribution in [0.1, 0.15) is 26.2 Å². The van der Waals surface area contributed by atoms with Crippen LogP contribution in [0, 0.1) is 5.92 Å². The van der Waals surface area contributed by atoms with E-state index in [1.54, 1.807) is 12.1 Å². The Morgan fingerprint density at radius 3 is 3.00 bits per heavy atom. The Labute approximate surface area is 104 Å². The number of aromatic nitrogens is 2. The molecule has 2 heterocycles. The summed E-state index contributed by atoms with van der Waals surface area (Å²) in [5, 5.41) is 6.49. The lowest BCUT2D eigenvalue weighted by molar-refractivity contribution is -0.122. The Bertz CT molecular complexity index is 502. The van der Waals surface area contributed by atoms with Crippen LogP contribution in [-0.2, 0) is 11.3 Å². The first-order chi connectivity index (χ1) is 8.65. The summed E-state index contributed by atoms with van der Waals surface area (Å²) in [5.74, 6) is 1.58. The molecule has 0 aliphatic heterocycles. The molecule has 0 spiro atoms. The molecule has 1 amide bonds. The van der Waals surface area contributed by atoms with Gasteiger partial charge in [0.15, 0.2) is 5.76 Å². The van der Waals surface area contributed by atoms with Gasteiger partial charge in [0.25, 0.3) is 0 Å². The van der Waals surface area contributed by atoms with Crippen molar-refractivity contribution in [1.29, 1.82) is 0 Å². The summed E-state index contributed by atoms with van der Waals surface area (Å²) in [6.07, 6.45) is 2.02. The molecule has 0 unspecified atom stereocenters. The minimum Gasteiger partial charge on any atom is -0.461 e. The topological polar surface area (TPSA) is 81.2 Å². The van der Waals surface area contributed by atoms with Crippen LogP contribution in [0.25, 0.3) is 11.6 Å². The van der Waals surface area contributed by atoms with E-state index in [-0.39, 0.29) is 12.5 Å². The molecule has 96 valence electrons. The van der Waals surface area contributed by atoms with Crippen LogP contribution in [0.3, 0.4) is 0 Å². The number of amides is 1. The molecule has 0 bridgehead atoms. The van der Waals surface area contributed by atoms with E-state index in [9.17, 15) is 4.79 Å². The summed E-state index contributed by atoms with van der Waals surface area (Å²) in [6, 6.07) is 3.49. The standard InChI is InChI=1S/C12H15N3O3/c1-8(2)6-10(16)13-7-11-14-12(15-18-11)9-4-3-5-17-9/h3-5,8H,6-7H2,1-2H3,(H,13,16). The van der Waals surface area contributed by atoms with Crippen molar-refractivity contribution in [2.24, 2.45) is 5.92 Å². The molecule has 2 aromatic rings. The van der Waals surface area contributed by atoms with E-state index in [1.807, 2.05) is 13.8 Å². The van der Waals surface area contributed by atoms with Gasteiger partial charge in [-0.2, -0.15) is 4.98 Å². The monoisotopic (exact) mass is 249 g/mol. The van der Waals surface area contributed by atoms with E-state index < -0.39 is 0 Å². The fourth-order valence-electron chi connectivity index (χ4n) is 1.45. The lowest BCUT2D eigenvalue weighted by Crippen LogP contribution is -2.24. The van der Waals surface area contributed by atoms with E-state index >= 15 is 0 Å². The fraction of sp³-hybridized carbons (Fsp3) is 0.417. The summed E-state index contributed by atoms with van der Waals surface area (Å²) in [7, 11) is 0. The number of carbonyl (C=O) groups is 1. The van der Waals surface area contributed by atoms with E-state index in [0.717, 1.165) is 0 Å². The molecule has 0 aliphatic carbocycles. The van der Waals surface area contributed by atoms with Gasteiger partial charge in [0.05, 0.1) is 12.8 Å². The lowest BCUT2D eigenvalue weighted by atomic mass is 10.1. The molecule has 2 aromatic heterocycles.